The second-order valence-electron chi connectivity index (χ2n) is 6.78. The number of sulfone groups is 1. The van der Waals surface area contributed by atoms with Crippen molar-refractivity contribution in [3.63, 3.8) is 0 Å². The summed E-state index contributed by atoms with van der Waals surface area (Å²) in [4.78, 5) is 14.5. The first-order valence-electron chi connectivity index (χ1n) is 9.00. The highest BCUT2D eigenvalue weighted by atomic mass is 35.5. The van der Waals surface area contributed by atoms with Gasteiger partial charge in [0.1, 0.15) is 11.3 Å². The number of benzene rings is 3. The molecule has 0 saturated heterocycles. The molecule has 0 aliphatic heterocycles. The van der Waals surface area contributed by atoms with E-state index in [0.717, 1.165) is 11.2 Å². The fourth-order valence-corrected chi connectivity index (χ4v) is 4.76. The van der Waals surface area contributed by atoms with E-state index >= 15 is 0 Å². The number of fused-ring (bicyclic) bond motifs is 1. The smallest absolute Gasteiger partial charge is 0.201 e. The molecule has 7 heteroatoms. The van der Waals surface area contributed by atoms with Crippen molar-refractivity contribution in [2.24, 2.45) is 0 Å². The average molecular weight is 457 g/mol. The summed E-state index contributed by atoms with van der Waals surface area (Å²) < 4.78 is 29.8. The normalized spacial score (nSPS) is 11.7. The standard InChI is InChI=1S/C23H17ClO4S2/c1-29-20-13-15(9-12-18(20)24)21-22(25)17-5-3-4-6-19(17)28-23(21)14-7-10-16(11-8-14)30(2,26)27/h3-13H,1-2H3. The minimum absolute atomic E-state index is 0.159. The summed E-state index contributed by atoms with van der Waals surface area (Å²) in [5, 5.41) is 1.08. The molecule has 1 heterocycles. The Balaban J connectivity index is 2.04. The fourth-order valence-electron chi connectivity index (χ4n) is 3.28. The summed E-state index contributed by atoms with van der Waals surface area (Å²) in [7, 11) is -3.33. The summed E-state index contributed by atoms with van der Waals surface area (Å²) in [6.45, 7) is 0. The minimum Gasteiger partial charge on any atom is -0.455 e. The molecule has 0 aliphatic carbocycles. The number of rotatable bonds is 4. The Morgan fingerprint density at radius 1 is 0.933 bits per heavy atom. The van der Waals surface area contributed by atoms with E-state index in [0.29, 0.717) is 38.4 Å². The molecule has 0 atom stereocenters. The van der Waals surface area contributed by atoms with Crippen LogP contribution in [0.25, 0.3) is 33.4 Å². The van der Waals surface area contributed by atoms with Crippen LogP contribution in [0.2, 0.25) is 5.02 Å². The second kappa shape index (κ2) is 7.95. The Hall–Kier alpha value is -2.54. The van der Waals surface area contributed by atoms with E-state index in [1.807, 2.05) is 12.3 Å². The molecule has 0 unspecified atom stereocenters. The van der Waals surface area contributed by atoms with Gasteiger partial charge in [-0.15, -0.1) is 11.8 Å². The van der Waals surface area contributed by atoms with Gasteiger partial charge in [0.15, 0.2) is 9.84 Å². The maximum atomic E-state index is 13.4. The maximum absolute atomic E-state index is 13.4. The number of para-hydroxylation sites is 1. The lowest BCUT2D eigenvalue weighted by atomic mass is 9.98. The molecule has 0 fully saturated rings. The van der Waals surface area contributed by atoms with Gasteiger partial charge in [0.2, 0.25) is 5.43 Å². The third kappa shape index (κ3) is 3.78. The SMILES string of the molecule is CSc1cc(-c2c(-c3ccc(S(C)(=O)=O)cc3)oc3ccccc3c2=O)ccc1Cl. The summed E-state index contributed by atoms with van der Waals surface area (Å²) in [5.74, 6) is 0.383. The topological polar surface area (TPSA) is 64.3 Å². The first-order chi connectivity index (χ1) is 14.3. The Labute approximate surface area is 183 Å². The molecule has 0 aliphatic rings. The van der Waals surface area contributed by atoms with Gasteiger partial charge in [-0.25, -0.2) is 8.42 Å². The van der Waals surface area contributed by atoms with Gasteiger partial charge in [0.05, 0.1) is 20.9 Å². The summed E-state index contributed by atoms with van der Waals surface area (Å²) in [5.41, 5.74) is 2.01. The molecule has 1 aromatic heterocycles. The van der Waals surface area contributed by atoms with Crippen LogP contribution in [0.5, 0.6) is 0 Å². The van der Waals surface area contributed by atoms with Crippen molar-refractivity contribution in [3.8, 4) is 22.5 Å². The largest absolute Gasteiger partial charge is 0.455 e. The van der Waals surface area contributed by atoms with Crippen molar-refractivity contribution < 1.29 is 12.8 Å². The average Bonchev–Trinajstić information content (AvgIpc) is 2.74. The van der Waals surface area contributed by atoms with Crippen LogP contribution in [-0.4, -0.2) is 20.9 Å². The third-order valence-corrected chi connectivity index (χ3v) is 7.13. The number of hydrogen-bond acceptors (Lipinski definition) is 5. The number of hydrogen-bond donors (Lipinski definition) is 0. The van der Waals surface area contributed by atoms with Gasteiger partial charge in [0.25, 0.3) is 0 Å². The van der Waals surface area contributed by atoms with Crippen LogP contribution in [0.1, 0.15) is 0 Å². The number of halogens is 1. The van der Waals surface area contributed by atoms with E-state index in [1.54, 1.807) is 48.5 Å². The Morgan fingerprint density at radius 2 is 1.60 bits per heavy atom. The van der Waals surface area contributed by atoms with Gasteiger partial charge >= 0.3 is 0 Å². The molecule has 0 bridgehead atoms. The minimum atomic E-state index is -3.33. The molecule has 0 saturated carbocycles. The first kappa shape index (κ1) is 20.7. The van der Waals surface area contributed by atoms with Gasteiger partial charge in [-0.05, 0) is 60.4 Å². The van der Waals surface area contributed by atoms with Gasteiger partial charge in [0, 0.05) is 16.7 Å². The monoisotopic (exact) mass is 456 g/mol. The predicted molar refractivity (Wildman–Crippen MR) is 123 cm³/mol. The van der Waals surface area contributed by atoms with Crippen molar-refractivity contribution in [3.05, 3.63) is 82.0 Å². The molecule has 0 radical (unpaired) electrons. The van der Waals surface area contributed by atoms with Crippen molar-refractivity contribution in [1.82, 2.24) is 0 Å². The highest BCUT2D eigenvalue weighted by Crippen LogP contribution is 2.36. The third-order valence-electron chi connectivity index (χ3n) is 4.78. The molecule has 0 amide bonds. The van der Waals surface area contributed by atoms with Gasteiger partial charge in [-0.1, -0.05) is 29.8 Å². The van der Waals surface area contributed by atoms with Crippen molar-refractivity contribution in [1.29, 1.82) is 0 Å². The molecular weight excluding hydrogens is 440 g/mol. The Kier molecular flexibility index (Phi) is 5.49. The van der Waals surface area contributed by atoms with Crippen molar-refractivity contribution in [2.45, 2.75) is 9.79 Å². The zero-order valence-corrected chi connectivity index (χ0v) is 18.6. The van der Waals surface area contributed by atoms with E-state index in [2.05, 4.69) is 0 Å². The van der Waals surface area contributed by atoms with Crippen LogP contribution in [-0.2, 0) is 9.84 Å². The van der Waals surface area contributed by atoms with Gasteiger partial charge in [-0.3, -0.25) is 4.79 Å². The lowest BCUT2D eigenvalue weighted by Gasteiger charge is -2.12. The number of thioether (sulfide) groups is 1. The lowest BCUT2D eigenvalue weighted by Crippen LogP contribution is -2.07. The maximum Gasteiger partial charge on any atom is 0.201 e. The molecule has 4 nitrogen and oxygen atoms in total. The van der Waals surface area contributed by atoms with E-state index in [-0.39, 0.29) is 10.3 Å². The molecule has 30 heavy (non-hydrogen) atoms. The van der Waals surface area contributed by atoms with Crippen LogP contribution >= 0.6 is 23.4 Å². The molecule has 4 rings (SSSR count). The fraction of sp³-hybridized carbons (Fsp3) is 0.0870. The molecular formula is C23H17ClO4S2. The summed E-state index contributed by atoms with van der Waals surface area (Å²) >= 11 is 7.75. The lowest BCUT2D eigenvalue weighted by molar-refractivity contribution is 0.601. The van der Waals surface area contributed by atoms with Crippen molar-refractivity contribution in [2.75, 3.05) is 12.5 Å². The quantitative estimate of drug-likeness (QED) is 0.357. The van der Waals surface area contributed by atoms with E-state index in [1.165, 1.54) is 23.9 Å². The predicted octanol–water partition coefficient (Wildman–Crippen LogP) is 5.91. The van der Waals surface area contributed by atoms with Crippen LogP contribution in [0, 0.1) is 0 Å². The van der Waals surface area contributed by atoms with Crippen LogP contribution in [0.4, 0.5) is 0 Å². The van der Waals surface area contributed by atoms with E-state index < -0.39 is 9.84 Å². The highest BCUT2D eigenvalue weighted by molar-refractivity contribution is 7.98. The first-order valence-corrected chi connectivity index (χ1v) is 12.5. The summed E-state index contributed by atoms with van der Waals surface area (Å²) in [6.07, 6.45) is 3.07. The van der Waals surface area contributed by atoms with E-state index in [9.17, 15) is 13.2 Å². The molecule has 0 spiro atoms. The zero-order chi connectivity index (χ0) is 21.5. The molecule has 0 N–H and O–H groups in total. The molecule has 4 aromatic rings. The molecule has 152 valence electrons. The zero-order valence-electron chi connectivity index (χ0n) is 16.2. The molecule has 3 aromatic carbocycles. The Bertz CT molecular complexity index is 1420. The second-order valence-corrected chi connectivity index (χ2v) is 10.0. The van der Waals surface area contributed by atoms with Crippen LogP contribution in [0.3, 0.4) is 0 Å². The van der Waals surface area contributed by atoms with Gasteiger partial charge in [-0.2, -0.15) is 0 Å². The van der Waals surface area contributed by atoms with Crippen molar-refractivity contribution >= 4 is 44.2 Å². The Morgan fingerprint density at radius 3 is 2.27 bits per heavy atom. The summed E-state index contributed by atoms with van der Waals surface area (Å²) in [6, 6.07) is 18.8. The van der Waals surface area contributed by atoms with Crippen LogP contribution < -0.4 is 5.43 Å². The van der Waals surface area contributed by atoms with Gasteiger partial charge < -0.3 is 4.42 Å². The highest BCUT2D eigenvalue weighted by Gasteiger charge is 2.19. The van der Waals surface area contributed by atoms with Crippen LogP contribution in [0.15, 0.2) is 85.7 Å². The van der Waals surface area contributed by atoms with E-state index in [4.69, 9.17) is 16.0 Å².